The summed E-state index contributed by atoms with van der Waals surface area (Å²) >= 11 is 0. The van der Waals surface area contributed by atoms with Crippen molar-refractivity contribution >= 4 is 12.3 Å². The number of carbonyl (C=O) groups excluding carboxylic acids is 2. The molecule has 1 aromatic rings. The number of halogens is 2. The lowest BCUT2D eigenvalue weighted by Gasteiger charge is -2.17. The van der Waals surface area contributed by atoms with Crippen LogP contribution >= 0.6 is 0 Å². The summed E-state index contributed by atoms with van der Waals surface area (Å²) in [7, 11) is 0. The maximum atomic E-state index is 13.4. The van der Waals surface area contributed by atoms with E-state index in [-0.39, 0.29) is 5.56 Å². The summed E-state index contributed by atoms with van der Waals surface area (Å²) < 4.78 is 36.2. The fourth-order valence-corrected chi connectivity index (χ4v) is 1.14. The molecule has 19 heavy (non-hydrogen) atoms. The van der Waals surface area contributed by atoms with E-state index in [1.165, 1.54) is 0 Å². The van der Waals surface area contributed by atoms with Gasteiger partial charge >= 0.3 is 5.97 Å². The maximum absolute atomic E-state index is 13.4. The number of hydrogen-bond donors (Lipinski definition) is 0. The first-order valence-electron chi connectivity index (χ1n) is 5.50. The molecule has 0 aromatic heterocycles. The molecule has 0 aliphatic carbocycles. The highest BCUT2D eigenvalue weighted by atomic mass is 19.1. The summed E-state index contributed by atoms with van der Waals surface area (Å²) in [5.41, 5.74) is -0.879. The van der Waals surface area contributed by atoms with Crippen LogP contribution in [0.5, 0.6) is 5.75 Å². The van der Waals surface area contributed by atoms with Gasteiger partial charge in [-0.2, -0.15) is 0 Å². The van der Waals surface area contributed by atoms with Crippen molar-refractivity contribution in [2.75, 3.05) is 6.79 Å². The topological polar surface area (TPSA) is 52.6 Å². The molecule has 0 saturated heterocycles. The van der Waals surface area contributed by atoms with Crippen molar-refractivity contribution in [2.45, 2.75) is 20.8 Å². The van der Waals surface area contributed by atoms with E-state index in [0.717, 1.165) is 12.1 Å². The van der Waals surface area contributed by atoms with Crippen LogP contribution < -0.4 is 4.74 Å². The molecule has 0 heterocycles. The van der Waals surface area contributed by atoms with E-state index in [1.807, 2.05) is 0 Å². The van der Waals surface area contributed by atoms with Crippen LogP contribution in [-0.2, 0) is 9.53 Å². The summed E-state index contributed by atoms with van der Waals surface area (Å²) in [6, 6.07) is 1.66. The molecule has 0 aliphatic heterocycles. The van der Waals surface area contributed by atoms with Gasteiger partial charge < -0.3 is 9.47 Å². The van der Waals surface area contributed by atoms with E-state index in [1.54, 1.807) is 20.8 Å². The van der Waals surface area contributed by atoms with Crippen LogP contribution in [0.2, 0.25) is 0 Å². The molecular weight excluding hydrogens is 258 g/mol. The first kappa shape index (κ1) is 15.1. The molecule has 0 amide bonds. The lowest BCUT2D eigenvalue weighted by atomic mass is 9.98. The zero-order chi connectivity index (χ0) is 14.6. The monoisotopic (exact) mass is 272 g/mol. The highest BCUT2D eigenvalue weighted by molar-refractivity contribution is 5.75. The molecule has 0 unspecified atom stereocenters. The maximum Gasteiger partial charge on any atom is 0.314 e. The number of benzene rings is 1. The summed E-state index contributed by atoms with van der Waals surface area (Å²) in [6.07, 6.45) is 0.315. The molecule has 0 spiro atoms. The Morgan fingerprint density at radius 2 is 1.79 bits per heavy atom. The molecule has 0 fully saturated rings. The van der Waals surface area contributed by atoms with Gasteiger partial charge in [-0.25, -0.2) is 8.78 Å². The second kappa shape index (κ2) is 5.77. The minimum Gasteiger partial charge on any atom is -0.451 e. The van der Waals surface area contributed by atoms with Crippen LogP contribution in [0.3, 0.4) is 0 Å². The van der Waals surface area contributed by atoms with Crippen LogP contribution in [0.1, 0.15) is 31.1 Å². The fraction of sp³-hybridized carbons (Fsp3) is 0.385. The van der Waals surface area contributed by atoms with Crippen molar-refractivity contribution in [3.05, 3.63) is 29.3 Å². The highest BCUT2D eigenvalue weighted by Gasteiger charge is 2.23. The van der Waals surface area contributed by atoms with Crippen LogP contribution in [0.25, 0.3) is 0 Å². The lowest BCUT2D eigenvalue weighted by Crippen LogP contribution is -2.24. The average molecular weight is 272 g/mol. The third kappa shape index (κ3) is 4.01. The second-order valence-electron chi connectivity index (χ2n) is 4.88. The third-order valence-electron chi connectivity index (χ3n) is 2.16. The minimum atomic E-state index is -1.03. The van der Waals surface area contributed by atoms with Gasteiger partial charge in [-0.3, -0.25) is 9.59 Å². The van der Waals surface area contributed by atoms with E-state index in [4.69, 9.17) is 9.47 Å². The smallest absolute Gasteiger partial charge is 0.314 e. The predicted molar refractivity (Wildman–Crippen MR) is 62.8 cm³/mol. The number of aldehydes is 1. The molecule has 0 radical (unpaired) electrons. The van der Waals surface area contributed by atoms with E-state index in [2.05, 4.69) is 0 Å². The molecule has 0 N–H and O–H groups in total. The number of esters is 1. The van der Waals surface area contributed by atoms with Gasteiger partial charge in [0, 0.05) is 5.56 Å². The normalized spacial score (nSPS) is 11.0. The Morgan fingerprint density at radius 1 is 1.26 bits per heavy atom. The zero-order valence-corrected chi connectivity index (χ0v) is 10.8. The van der Waals surface area contributed by atoms with Crippen molar-refractivity contribution in [3.8, 4) is 5.75 Å². The Morgan fingerprint density at radius 3 is 2.21 bits per heavy atom. The van der Waals surface area contributed by atoms with Gasteiger partial charge in [0.05, 0.1) is 5.41 Å². The molecule has 6 heteroatoms. The van der Waals surface area contributed by atoms with Gasteiger partial charge in [0.25, 0.3) is 0 Å². The molecular formula is C13H14F2O4. The molecule has 0 saturated carbocycles. The van der Waals surface area contributed by atoms with Crippen molar-refractivity contribution in [3.63, 3.8) is 0 Å². The van der Waals surface area contributed by atoms with Gasteiger partial charge in [-0.15, -0.1) is 0 Å². The SMILES string of the molecule is CC(C)(C)C(=O)OCOc1c(F)cc(C=O)cc1F. The Labute approximate surface area is 109 Å². The summed E-state index contributed by atoms with van der Waals surface area (Å²) in [5, 5.41) is 0. The van der Waals surface area contributed by atoms with Gasteiger partial charge in [0.15, 0.2) is 17.4 Å². The predicted octanol–water partition coefficient (Wildman–Crippen LogP) is 2.70. The minimum absolute atomic E-state index is 0.144. The number of hydrogen-bond acceptors (Lipinski definition) is 4. The summed E-state index contributed by atoms with van der Waals surface area (Å²) in [5.74, 6) is -3.31. The van der Waals surface area contributed by atoms with E-state index in [9.17, 15) is 18.4 Å². The lowest BCUT2D eigenvalue weighted by molar-refractivity contribution is -0.159. The molecule has 0 aliphatic rings. The zero-order valence-electron chi connectivity index (χ0n) is 10.8. The molecule has 1 rings (SSSR count). The highest BCUT2D eigenvalue weighted by Crippen LogP contribution is 2.23. The quantitative estimate of drug-likeness (QED) is 0.480. The van der Waals surface area contributed by atoms with Crippen LogP contribution in [0, 0.1) is 17.0 Å². The van der Waals surface area contributed by atoms with Crippen LogP contribution in [0.4, 0.5) is 8.78 Å². The summed E-state index contributed by atoms with van der Waals surface area (Å²) in [6.45, 7) is 4.30. The van der Waals surface area contributed by atoms with Crippen molar-refractivity contribution in [1.29, 1.82) is 0 Å². The molecule has 0 atom stereocenters. The molecule has 4 nitrogen and oxygen atoms in total. The number of ether oxygens (including phenoxy) is 2. The first-order valence-corrected chi connectivity index (χ1v) is 5.50. The Hall–Kier alpha value is -1.98. The number of carbonyl (C=O) groups is 2. The first-order chi connectivity index (χ1) is 8.75. The van der Waals surface area contributed by atoms with Gasteiger partial charge in [-0.05, 0) is 32.9 Å². The van der Waals surface area contributed by atoms with Crippen LogP contribution in [0.15, 0.2) is 12.1 Å². The Bertz CT molecular complexity index is 469. The third-order valence-corrected chi connectivity index (χ3v) is 2.16. The fourth-order valence-electron chi connectivity index (χ4n) is 1.14. The van der Waals surface area contributed by atoms with Crippen LogP contribution in [-0.4, -0.2) is 19.0 Å². The summed E-state index contributed by atoms with van der Waals surface area (Å²) in [4.78, 5) is 21.8. The van der Waals surface area contributed by atoms with Gasteiger partial charge in [0.2, 0.25) is 6.79 Å². The number of rotatable bonds is 4. The van der Waals surface area contributed by atoms with Crippen molar-refractivity contribution in [2.24, 2.45) is 5.41 Å². The van der Waals surface area contributed by atoms with Gasteiger partial charge in [-0.1, -0.05) is 0 Å². The van der Waals surface area contributed by atoms with Crippen molar-refractivity contribution in [1.82, 2.24) is 0 Å². The average Bonchev–Trinajstić information content (AvgIpc) is 2.30. The molecule has 0 bridgehead atoms. The molecule has 104 valence electrons. The Kier molecular flexibility index (Phi) is 4.58. The van der Waals surface area contributed by atoms with E-state index >= 15 is 0 Å². The molecule has 1 aromatic carbocycles. The second-order valence-corrected chi connectivity index (χ2v) is 4.88. The standard InChI is InChI=1S/C13H14F2O4/c1-13(2,3)12(17)19-7-18-11-9(14)4-8(6-16)5-10(11)15/h4-6H,7H2,1-3H3. The Balaban J connectivity index is 2.69. The van der Waals surface area contributed by atoms with Crippen molar-refractivity contribution < 1.29 is 27.8 Å². The van der Waals surface area contributed by atoms with E-state index < -0.39 is 35.6 Å². The largest absolute Gasteiger partial charge is 0.451 e. The van der Waals surface area contributed by atoms with Gasteiger partial charge in [0.1, 0.15) is 6.29 Å². The van der Waals surface area contributed by atoms with E-state index in [0.29, 0.717) is 6.29 Å².